The van der Waals surface area contributed by atoms with Crippen molar-refractivity contribution in [2.45, 2.75) is 46.1 Å². The van der Waals surface area contributed by atoms with Crippen molar-refractivity contribution >= 4 is 27.5 Å². The van der Waals surface area contributed by atoms with Gasteiger partial charge in [0.15, 0.2) is 11.9 Å². The van der Waals surface area contributed by atoms with Gasteiger partial charge in [0.25, 0.3) is 5.56 Å². The molecule has 6 nitrogen and oxygen atoms in total. The Morgan fingerprint density at radius 2 is 2.17 bits per heavy atom. The standard InChI is InChI=1S/C22H24N2O4S/c1-4-27-16-8-6-5-7-14(16)22(26)28-13(3)19-23-20(25)18-15-10-9-12(2)11-17(15)29-21(18)24-19/h5-8,12-13H,4,9-11H2,1-3H3,(H,23,24,25)/t12-,13+/m0/s1. The Hall–Kier alpha value is -2.67. The first-order valence-electron chi connectivity index (χ1n) is 9.95. The SMILES string of the molecule is CCOc1ccccc1C(=O)O[C@H](C)c1nc2sc3c(c2c(=O)[nH]1)CC[C@H](C)C3. The van der Waals surface area contributed by atoms with Crippen LogP contribution in [0, 0.1) is 5.92 Å². The van der Waals surface area contributed by atoms with Gasteiger partial charge < -0.3 is 14.5 Å². The van der Waals surface area contributed by atoms with Crippen molar-refractivity contribution in [1.82, 2.24) is 9.97 Å². The van der Waals surface area contributed by atoms with Crippen molar-refractivity contribution in [1.29, 1.82) is 0 Å². The van der Waals surface area contributed by atoms with Gasteiger partial charge in [-0.2, -0.15) is 0 Å². The summed E-state index contributed by atoms with van der Waals surface area (Å²) in [6.45, 7) is 6.25. The molecule has 2 atom stereocenters. The number of aromatic nitrogens is 2. The number of aromatic amines is 1. The molecule has 4 rings (SSSR count). The summed E-state index contributed by atoms with van der Waals surface area (Å²) in [4.78, 5) is 34.8. The van der Waals surface area contributed by atoms with Crippen LogP contribution in [0.25, 0.3) is 10.2 Å². The number of thiophene rings is 1. The van der Waals surface area contributed by atoms with E-state index in [1.807, 2.05) is 6.92 Å². The number of H-pyrrole nitrogens is 1. The summed E-state index contributed by atoms with van der Waals surface area (Å²) in [5, 5.41) is 0.695. The molecule has 1 aromatic carbocycles. The van der Waals surface area contributed by atoms with Crippen LogP contribution in [-0.4, -0.2) is 22.5 Å². The second-order valence-corrected chi connectivity index (χ2v) is 8.54. The van der Waals surface area contributed by atoms with E-state index in [-0.39, 0.29) is 5.56 Å². The number of fused-ring (bicyclic) bond motifs is 3. The molecule has 2 heterocycles. The normalized spacial score (nSPS) is 17.0. The third-order valence-electron chi connectivity index (χ3n) is 5.26. The first-order valence-corrected chi connectivity index (χ1v) is 10.8. The van der Waals surface area contributed by atoms with Gasteiger partial charge in [0.2, 0.25) is 0 Å². The molecule has 1 aliphatic carbocycles. The predicted molar refractivity (Wildman–Crippen MR) is 113 cm³/mol. The summed E-state index contributed by atoms with van der Waals surface area (Å²) in [5.41, 5.74) is 1.33. The van der Waals surface area contributed by atoms with Crippen LogP contribution >= 0.6 is 11.3 Å². The Labute approximate surface area is 172 Å². The maximum atomic E-state index is 12.8. The van der Waals surface area contributed by atoms with E-state index in [2.05, 4.69) is 16.9 Å². The summed E-state index contributed by atoms with van der Waals surface area (Å²) >= 11 is 1.58. The zero-order chi connectivity index (χ0) is 20.5. The number of carbonyl (C=O) groups excluding carboxylic acids is 1. The number of esters is 1. The molecule has 0 saturated heterocycles. The van der Waals surface area contributed by atoms with Crippen molar-refractivity contribution in [3.63, 3.8) is 0 Å². The Morgan fingerprint density at radius 3 is 2.97 bits per heavy atom. The lowest BCUT2D eigenvalue weighted by atomic mass is 9.89. The molecule has 152 valence electrons. The zero-order valence-corrected chi connectivity index (χ0v) is 17.6. The molecule has 29 heavy (non-hydrogen) atoms. The van der Waals surface area contributed by atoms with Crippen LogP contribution < -0.4 is 10.3 Å². The molecule has 3 aromatic rings. The fraction of sp³-hybridized carbons (Fsp3) is 0.409. The number of nitrogens with zero attached hydrogens (tertiary/aromatic N) is 1. The molecule has 0 unspecified atom stereocenters. The topological polar surface area (TPSA) is 81.3 Å². The van der Waals surface area contributed by atoms with Crippen LogP contribution in [0.4, 0.5) is 0 Å². The van der Waals surface area contributed by atoms with Gasteiger partial charge in [0.05, 0.1) is 12.0 Å². The number of hydrogen-bond acceptors (Lipinski definition) is 6. The molecule has 0 fully saturated rings. The van der Waals surface area contributed by atoms with E-state index in [0.717, 1.165) is 29.7 Å². The van der Waals surface area contributed by atoms with Gasteiger partial charge in [-0.1, -0.05) is 19.1 Å². The maximum absolute atomic E-state index is 12.8. The quantitative estimate of drug-likeness (QED) is 0.627. The molecular weight excluding hydrogens is 388 g/mol. The lowest BCUT2D eigenvalue weighted by molar-refractivity contribution is 0.0316. The molecule has 0 bridgehead atoms. The minimum absolute atomic E-state index is 0.158. The highest BCUT2D eigenvalue weighted by molar-refractivity contribution is 7.18. The summed E-state index contributed by atoms with van der Waals surface area (Å²) in [6.07, 6.45) is 2.31. The van der Waals surface area contributed by atoms with E-state index in [1.165, 1.54) is 4.88 Å². The van der Waals surface area contributed by atoms with Crippen molar-refractivity contribution in [2.75, 3.05) is 6.61 Å². The lowest BCUT2D eigenvalue weighted by Gasteiger charge is -2.17. The van der Waals surface area contributed by atoms with Crippen molar-refractivity contribution in [3.8, 4) is 5.75 Å². The average Bonchev–Trinajstić information content (AvgIpc) is 3.06. The molecule has 7 heteroatoms. The third-order valence-corrected chi connectivity index (χ3v) is 6.41. The van der Waals surface area contributed by atoms with Gasteiger partial charge in [0, 0.05) is 4.88 Å². The smallest absolute Gasteiger partial charge is 0.342 e. The first-order chi connectivity index (χ1) is 14.0. The van der Waals surface area contributed by atoms with Gasteiger partial charge in [-0.15, -0.1) is 11.3 Å². The summed E-state index contributed by atoms with van der Waals surface area (Å²) in [6, 6.07) is 6.95. The number of ether oxygens (including phenoxy) is 2. The minimum atomic E-state index is -0.688. The highest BCUT2D eigenvalue weighted by atomic mass is 32.1. The summed E-state index contributed by atoms with van der Waals surface area (Å²) in [5.74, 6) is 0.948. The zero-order valence-electron chi connectivity index (χ0n) is 16.8. The molecule has 1 N–H and O–H groups in total. The highest BCUT2D eigenvalue weighted by Crippen LogP contribution is 2.36. The molecule has 0 aliphatic heterocycles. The number of benzene rings is 1. The molecule has 0 amide bonds. The maximum Gasteiger partial charge on any atom is 0.342 e. The molecule has 0 saturated carbocycles. The Kier molecular flexibility index (Phi) is 5.41. The Morgan fingerprint density at radius 1 is 1.38 bits per heavy atom. The number of aryl methyl sites for hydroxylation is 1. The van der Waals surface area contributed by atoms with Crippen LogP contribution in [0.1, 0.15) is 59.9 Å². The Bertz CT molecular complexity index is 1120. The van der Waals surface area contributed by atoms with Crippen molar-refractivity contribution < 1.29 is 14.3 Å². The lowest BCUT2D eigenvalue weighted by Crippen LogP contribution is -2.18. The fourth-order valence-electron chi connectivity index (χ4n) is 3.75. The van der Waals surface area contributed by atoms with E-state index in [0.29, 0.717) is 35.0 Å². The van der Waals surface area contributed by atoms with Crippen molar-refractivity contribution in [2.24, 2.45) is 5.92 Å². The number of para-hydroxylation sites is 1. The summed E-state index contributed by atoms with van der Waals surface area (Å²) < 4.78 is 11.1. The van der Waals surface area contributed by atoms with Crippen LogP contribution in [-0.2, 0) is 17.6 Å². The van der Waals surface area contributed by atoms with E-state index in [4.69, 9.17) is 9.47 Å². The van der Waals surface area contributed by atoms with E-state index in [9.17, 15) is 9.59 Å². The number of hydrogen-bond donors (Lipinski definition) is 1. The van der Waals surface area contributed by atoms with Crippen LogP contribution in [0.15, 0.2) is 29.1 Å². The fourth-order valence-corrected chi connectivity index (χ4v) is 5.15. The number of rotatable bonds is 5. The van der Waals surface area contributed by atoms with Gasteiger partial charge in [-0.25, -0.2) is 9.78 Å². The van der Waals surface area contributed by atoms with Gasteiger partial charge in [-0.05, 0) is 56.7 Å². The first kappa shape index (κ1) is 19.6. The highest BCUT2D eigenvalue weighted by Gasteiger charge is 2.25. The summed E-state index contributed by atoms with van der Waals surface area (Å²) in [7, 11) is 0. The van der Waals surface area contributed by atoms with Crippen molar-refractivity contribution in [3.05, 3.63) is 56.4 Å². The second kappa shape index (κ2) is 7.99. The molecule has 0 radical (unpaired) electrons. The minimum Gasteiger partial charge on any atom is -0.493 e. The average molecular weight is 413 g/mol. The van der Waals surface area contributed by atoms with Crippen LogP contribution in [0.2, 0.25) is 0 Å². The van der Waals surface area contributed by atoms with Gasteiger partial charge >= 0.3 is 5.97 Å². The number of carbonyl (C=O) groups is 1. The predicted octanol–water partition coefficient (Wildman–Crippen LogP) is 4.43. The molecule has 2 aromatic heterocycles. The molecule has 0 spiro atoms. The van der Waals surface area contributed by atoms with Crippen LogP contribution in [0.3, 0.4) is 0 Å². The van der Waals surface area contributed by atoms with Crippen LogP contribution in [0.5, 0.6) is 5.75 Å². The molecule has 1 aliphatic rings. The van der Waals surface area contributed by atoms with E-state index < -0.39 is 12.1 Å². The largest absolute Gasteiger partial charge is 0.493 e. The van der Waals surface area contributed by atoms with Gasteiger partial charge in [0.1, 0.15) is 16.1 Å². The van der Waals surface area contributed by atoms with E-state index >= 15 is 0 Å². The third kappa shape index (κ3) is 3.79. The number of nitrogens with one attached hydrogen (secondary N) is 1. The monoisotopic (exact) mass is 412 g/mol. The molecular formula is C22H24N2O4S. The van der Waals surface area contributed by atoms with E-state index in [1.54, 1.807) is 42.5 Å². The Balaban J connectivity index is 1.62. The van der Waals surface area contributed by atoms with Gasteiger partial charge in [-0.3, -0.25) is 4.79 Å². The second-order valence-electron chi connectivity index (χ2n) is 7.46.